The summed E-state index contributed by atoms with van der Waals surface area (Å²) < 4.78 is 0. The Hall–Kier alpha value is -0.621. The number of hydrogen-bond donors (Lipinski definition) is 4. The van der Waals surface area contributed by atoms with Crippen LogP contribution >= 0.6 is 0 Å². The SMILES string of the molecule is CCC(C)C(N)C(=O)O.CCC(C)C(N)C(=O)O.[Cu]. The smallest absolute Gasteiger partial charge is 0.320 e. The molecular weight excluding hydrogens is 300 g/mol. The van der Waals surface area contributed by atoms with Gasteiger partial charge in [0.15, 0.2) is 0 Å². The van der Waals surface area contributed by atoms with Gasteiger partial charge in [-0.05, 0) is 11.8 Å². The number of carbonyl (C=O) groups is 2. The van der Waals surface area contributed by atoms with Crippen LogP contribution in [0.1, 0.15) is 40.5 Å². The van der Waals surface area contributed by atoms with Gasteiger partial charge in [0.25, 0.3) is 0 Å². The van der Waals surface area contributed by atoms with Crippen LogP contribution in [0.15, 0.2) is 0 Å². The van der Waals surface area contributed by atoms with Crippen LogP contribution < -0.4 is 11.5 Å². The first-order chi connectivity index (χ1) is 8.18. The summed E-state index contributed by atoms with van der Waals surface area (Å²) in [5.41, 5.74) is 10.5. The van der Waals surface area contributed by atoms with Crippen molar-refractivity contribution < 1.29 is 36.9 Å². The van der Waals surface area contributed by atoms with Crippen molar-refractivity contribution in [1.82, 2.24) is 0 Å². The molecule has 7 heteroatoms. The zero-order valence-electron chi connectivity index (χ0n) is 11.9. The van der Waals surface area contributed by atoms with Crippen LogP contribution in [-0.2, 0) is 26.7 Å². The average Bonchev–Trinajstić information content (AvgIpc) is 2.35. The summed E-state index contributed by atoms with van der Waals surface area (Å²) in [6, 6.07) is -1.40. The van der Waals surface area contributed by atoms with Crippen LogP contribution in [0.4, 0.5) is 0 Å². The average molecular weight is 326 g/mol. The summed E-state index contributed by atoms with van der Waals surface area (Å²) in [5.74, 6) is -1.68. The van der Waals surface area contributed by atoms with E-state index in [-0.39, 0.29) is 28.9 Å². The van der Waals surface area contributed by atoms with E-state index >= 15 is 0 Å². The van der Waals surface area contributed by atoms with Gasteiger partial charge in [0.2, 0.25) is 0 Å². The Morgan fingerprint density at radius 2 is 1.11 bits per heavy atom. The molecule has 0 aliphatic rings. The van der Waals surface area contributed by atoms with E-state index in [0.717, 1.165) is 12.8 Å². The molecule has 0 rings (SSSR count). The van der Waals surface area contributed by atoms with Crippen LogP contribution in [0.5, 0.6) is 0 Å². The minimum absolute atomic E-state index is 0. The van der Waals surface area contributed by atoms with Gasteiger partial charge in [0, 0.05) is 17.1 Å². The number of hydrogen-bond acceptors (Lipinski definition) is 4. The second-order valence-electron chi connectivity index (χ2n) is 4.50. The van der Waals surface area contributed by atoms with Gasteiger partial charge in [0.05, 0.1) is 0 Å². The van der Waals surface area contributed by atoms with Gasteiger partial charge >= 0.3 is 11.9 Å². The van der Waals surface area contributed by atoms with Gasteiger partial charge in [-0.25, -0.2) is 0 Å². The summed E-state index contributed by atoms with van der Waals surface area (Å²) >= 11 is 0. The number of carboxylic acid groups (broad SMARTS) is 2. The summed E-state index contributed by atoms with van der Waals surface area (Å²) in [4.78, 5) is 20.3. The molecule has 0 aromatic carbocycles. The quantitative estimate of drug-likeness (QED) is 0.537. The third kappa shape index (κ3) is 10.9. The maximum absolute atomic E-state index is 10.2. The van der Waals surface area contributed by atoms with E-state index in [9.17, 15) is 9.59 Å². The van der Waals surface area contributed by atoms with Gasteiger partial charge in [-0.1, -0.05) is 40.5 Å². The molecule has 6 nitrogen and oxygen atoms in total. The van der Waals surface area contributed by atoms with Gasteiger partial charge < -0.3 is 21.7 Å². The molecule has 119 valence electrons. The van der Waals surface area contributed by atoms with Gasteiger partial charge in [-0.15, -0.1) is 0 Å². The van der Waals surface area contributed by atoms with Crippen LogP contribution in [-0.4, -0.2) is 34.2 Å². The third-order valence-corrected chi connectivity index (χ3v) is 3.08. The first-order valence-electron chi connectivity index (χ1n) is 6.15. The van der Waals surface area contributed by atoms with Gasteiger partial charge in [0.1, 0.15) is 12.1 Å². The molecule has 0 spiro atoms. The van der Waals surface area contributed by atoms with E-state index in [2.05, 4.69) is 0 Å². The molecule has 0 saturated heterocycles. The Labute approximate surface area is 125 Å². The van der Waals surface area contributed by atoms with E-state index in [0.29, 0.717) is 0 Å². The molecule has 0 aromatic rings. The molecule has 0 fully saturated rings. The minimum atomic E-state index is -0.913. The minimum Gasteiger partial charge on any atom is -0.480 e. The molecule has 6 N–H and O–H groups in total. The predicted octanol–water partition coefficient (Wildman–Crippen LogP) is 0.886. The summed E-state index contributed by atoms with van der Waals surface area (Å²) in [6.45, 7) is 7.51. The van der Waals surface area contributed by atoms with Crippen LogP contribution in [0.2, 0.25) is 0 Å². The monoisotopic (exact) mass is 325 g/mol. The number of rotatable bonds is 6. The van der Waals surface area contributed by atoms with Crippen LogP contribution in [0.25, 0.3) is 0 Å². The van der Waals surface area contributed by atoms with Crippen molar-refractivity contribution in [3.05, 3.63) is 0 Å². The summed E-state index contributed by atoms with van der Waals surface area (Å²) in [7, 11) is 0. The van der Waals surface area contributed by atoms with Crippen molar-refractivity contribution in [2.75, 3.05) is 0 Å². The first kappa shape index (κ1) is 23.5. The molecule has 0 bridgehead atoms. The Bertz CT molecular complexity index is 238. The van der Waals surface area contributed by atoms with Gasteiger partial charge in [-0.3, -0.25) is 9.59 Å². The van der Waals surface area contributed by atoms with E-state index in [1.54, 1.807) is 0 Å². The van der Waals surface area contributed by atoms with Crippen LogP contribution in [0.3, 0.4) is 0 Å². The van der Waals surface area contributed by atoms with E-state index in [4.69, 9.17) is 21.7 Å². The topological polar surface area (TPSA) is 127 Å². The maximum atomic E-state index is 10.2. The molecule has 0 amide bonds. The standard InChI is InChI=1S/2C6H13NO2.Cu/c2*1-3-4(2)5(7)6(8)9;/h2*4-5H,3,7H2,1-2H3,(H,8,9);. The van der Waals surface area contributed by atoms with Crippen molar-refractivity contribution in [3.63, 3.8) is 0 Å². The van der Waals surface area contributed by atoms with Crippen molar-refractivity contribution in [1.29, 1.82) is 0 Å². The van der Waals surface area contributed by atoms with Crippen molar-refractivity contribution in [3.8, 4) is 0 Å². The molecule has 0 saturated carbocycles. The van der Waals surface area contributed by atoms with E-state index in [1.807, 2.05) is 27.7 Å². The Morgan fingerprint density at radius 1 is 0.895 bits per heavy atom. The largest absolute Gasteiger partial charge is 0.480 e. The Kier molecular flexibility index (Phi) is 15.3. The maximum Gasteiger partial charge on any atom is 0.320 e. The third-order valence-electron chi connectivity index (χ3n) is 3.08. The van der Waals surface area contributed by atoms with Crippen molar-refractivity contribution in [2.45, 2.75) is 52.6 Å². The van der Waals surface area contributed by atoms with E-state index < -0.39 is 24.0 Å². The van der Waals surface area contributed by atoms with Gasteiger partial charge in [-0.2, -0.15) is 0 Å². The predicted molar refractivity (Wildman–Crippen MR) is 70.1 cm³/mol. The zero-order valence-corrected chi connectivity index (χ0v) is 12.8. The molecule has 4 atom stereocenters. The first-order valence-corrected chi connectivity index (χ1v) is 6.15. The summed E-state index contributed by atoms with van der Waals surface area (Å²) in [5, 5.41) is 16.7. The van der Waals surface area contributed by atoms with Crippen molar-refractivity contribution in [2.24, 2.45) is 23.3 Å². The number of nitrogens with two attached hydrogens (primary N) is 2. The number of carboxylic acids is 2. The fraction of sp³-hybridized carbons (Fsp3) is 0.833. The molecule has 1 radical (unpaired) electrons. The molecule has 0 aromatic heterocycles. The molecule has 0 heterocycles. The zero-order chi connectivity index (χ0) is 14.9. The second-order valence-corrected chi connectivity index (χ2v) is 4.50. The molecule has 19 heavy (non-hydrogen) atoms. The summed E-state index contributed by atoms with van der Waals surface area (Å²) in [6.07, 6.45) is 1.63. The molecular formula is C12H26CuN2O4. The van der Waals surface area contributed by atoms with Crippen molar-refractivity contribution >= 4 is 11.9 Å². The normalized spacial score (nSPS) is 15.9. The molecule has 0 aliphatic heterocycles. The molecule has 0 aliphatic carbocycles. The second kappa shape index (κ2) is 12.4. The van der Waals surface area contributed by atoms with Crippen LogP contribution in [0, 0.1) is 11.8 Å². The number of aliphatic carboxylic acids is 2. The Balaban J connectivity index is -0.000000256. The van der Waals surface area contributed by atoms with E-state index in [1.165, 1.54) is 0 Å². The fourth-order valence-electron chi connectivity index (χ4n) is 0.995. The molecule has 4 unspecified atom stereocenters. The fourth-order valence-corrected chi connectivity index (χ4v) is 0.995. The Morgan fingerprint density at radius 3 is 1.16 bits per heavy atom.